The third kappa shape index (κ3) is 3.40. The van der Waals surface area contributed by atoms with E-state index in [1.165, 1.54) is 12.1 Å². The molecule has 0 spiro atoms. The number of amides is 1. The fourth-order valence-electron chi connectivity index (χ4n) is 3.66. The summed E-state index contributed by atoms with van der Waals surface area (Å²) in [6.45, 7) is 1.89. The van der Waals surface area contributed by atoms with E-state index >= 15 is 0 Å². The molecular formula is C22H20FN5O. The van der Waals surface area contributed by atoms with Gasteiger partial charge in [0.1, 0.15) is 17.7 Å². The van der Waals surface area contributed by atoms with Crippen molar-refractivity contribution >= 4 is 28.3 Å². The molecule has 1 atom stereocenters. The van der Waals surface area contributed by atoms with Gasteiger partial charge in [-0.2, -0.15) is 5.10 Å². The lowest BCUT2D eigenvalue weighted by Crippen LogP contribution is -2.34. The van der Waals surface area contributed by atoms with Crippen LogP contribution in [0, 0.1) is 11.7 Å². The molecule has 0 bridgehead atoms. The first-order valence-electron chi connectivity index (χ1n) is 9.64. The number of aliphatic imine (C=N–C) groups is 1. The van der Waals surface area contributed by atoms with Crippen LogP contribution in [0.4, 0.5) is 10.1 Å². The van der Waals surface area contributed by atoms with Crippen LogP contribution in [0.1, 0.15) is 31.4 Å². The number of aromatic amines is 1. The van der Waals surface area contributed by atoms with Crippen LogP contribution in [0.25, 0.3) is 10.9 Å². The van der Waals surface area contributed by atoms with Crippen LogP contribution in [0.3, 0.4) is 0 Å². The first-order chi connectivity index (χ1) is 14.1. The lowest BCUT2D eigenvalue weighted by atomic mass is 9.95. The number of nitrogens with zero attached hydrogens (tertiary/aromatic N) is 2. The standard InChI is InChI=1S/C22H20FN5O/c1-12-19(22(29)26-17-8-9-18-15(10-17)11-24-28-18)20(13-4-6-16(23)7-5-13)27-21(25-12)14-2-3-14/h4-11,14,20H,2-3H2,1H3,(H,24,28)(H,25,27)(H,26,29). The molecule has 1 unspecified atom stereocenters. The maximum absolute atomic E-state index is 13.4. The zero-order valence-corrected chi connectivity index (χ0v) is 15.9. The van der Waals surface area contributed by atoms with E-state index in [4.69, 9.17) is 4.99 Å². The van der Waals surface area contributed by atoms with Crippen LogP contribution in [0.5, 0.6) is 0 Å². The summed E-state index contributed by atoms with van der Waals surface area (Å²) in [5.41, 5.74) is 3.69. The molecule has 146 valence electrons. The average Bonchev–Trinajstić information content (AvgIpc) is 3.46. The maximum Gasteiger partial charge on any atom is 0.255 e. The normalized spacial score (nSPS) is 19.1. The number of rotatable bonds is 4. The minimum Gasteiger partial charge on any atom is -0.347 e. The third-order valence-electron chi connectivity index (χ3n) is 5.35. The molecule has 7 heteroatoms. The van der Waals surface area contributed by atoms with Gasteiger partial charge in [0.15, 0.2) is 0 Å². The topological polar surface area (TPSA) is 82.2 Å². The molecule has 0 radical (unpaired) electrons. The highest BCUT2D eigenvalue weighted by molar-refractivity contribution is 6.07. The second kappa shape index (κ2) is 6.84. The van der Waals surface area contributed by atoms with Crippen LogP contribution in [0.15, 0.2) is 64.9 Å². The smallest absolute Gasteiger partial charge is 0.255 e. The molecule has 2 heterocycles. The summed E-state index contributed by atoms with van der Waals surface area (Å²) in [5, 5.41) is 14.1. The Bertz CT molecular complexity index is 1160. The van der Waals surface area contributed by atoms with Crippen molar-refractivity contribution in [2.45, 2.75) is 25.8 Å². The van der Waals surface area contributed by atoms with E-state index in [1.54, 1.807) is 18.3 Å². The molecule has 2 aromatic carbocycles. The second-order valence-electron chi connectivity index (χ2n) is 7.53. The van der Waals surface area contributed by atoms with Crippen molar-refractivity contribution in [2.75, 3.05) is 5.32 Å². The van der Waals surface area contributed by atoms with Crippen molar-refractivity contribution in [1.29, 1.82) is 0 Å². The van der Waals surface area contributed by atoms with Gasteiger partial charge in [0.05, 0.1) is 17.3 Å². The minimum absolute atomic E-state index is 0.231. The number of nitrogens with one attached hydrogen (secondary N) is 3. The van der Waals surface area contributed by atoms with Gasteiger partial charge < -0.3 is 10.6 Å². The monoisotopic (exact) mass is 389 g/mol. The zero-order chi connectivity index (χ0) is 20.0. The molecule has 1 aromatic heterocycles. The van der Waals surface area contributed by atoms with Crippen molar-refractivity contribution < 1.29 is 9.18 Å². The molecule has 1 amide bonds. The predicted octanol–water partition coefficient (Wildman–Crippen LogP) is 4.07. The van der Waals surface area contributed by atoms with Gasteiger partial charge in [-0.05, 0) is 55.7 Å². The molecule has 3 N–H and O–H groups in total. The van der Waals surface area contributed by atoms with Crippen molar-refractivity contribution in [3.05, 3.63) is 71.3 Å². The molecule has 1 aliphatic heterocycles. The number of anilines is 1. The summed E-state index contributed by atoms with van der Waals surface area (Å²) in [6, 6.07) is 11.3. The summed E-state index contributed by atoms with van der Waals surface area (Å²) < 4.78 is 13.4. The van der Waals surface area contributed by atoms with Gasteiger partial charge in [0.25, 0.3) is 5.91 Å². The predicted molar refractivity (Wildman–Crippen MR) is 110 cm³/mol. The van der Waals surface area contributed by atoms with E-state index in [-0.39, 0.29) is 11.7 Å². The van der Waals surface area contributed by atoms with Crippen molar-refractivity contribution in [3.8, 4) is 0 Å². The Balaban J connectivity index is 1.48. The minimum atomic E-state index is -0.467. The Hall–Kier alpha value is -3.48. The Morgan fingerprint density at radius 3 is 2.72 bits per heavy atom. The van der Waals surface area contributed by atoms with E-state index in [0.717, 1.165) is 40.8 Å². The van der Waals surface area contributed by atoms with Gasteiger partial charge in [-0.1, -0.05) is 12.1 Å². The third-order valence-corrected chi connectivity index (χ3v) is 5.35. The average molecular weight is 389 g/mol. The number of halogens is 1. The number of carbonyl (C=O) groups excluding carboxylic acids is 1. The summed E-state index contributed by atoms with van der Waals surface area (Å²) in [5.74, 6) is 0.786. The molecular weight excluding hydrogens is 369 g/mol. The van der Waals surface area contributed by atoms with Crippen LogP contribution >= 0.6 is 0 Å². The van der Waals surface area contributed by atoms with Crippen LogP contribution in [0.2, 0.25) is 0 Å². The van der Waals surface area contributed by atoms with Gasteiger partial charge >= 0.3 is 0 Å². The highest BCUT2D eigenvalue weighted by Crippen LogP contribution is 2.37. The van der Waals surface area contributed by atoms with E-state index in [9.17, 15) is 9.18 Å². The summed E-state index contributed by atoms with van der Waals surface area (Å²) in [7, 11) is 0. The Labute approximate surface area is 166 Å². The summed E-state index contributed by atoms with van der Waals surface area (Å²) in [6.07, 6.45) is 3.91. The summed E-state index contributed by atoms with van der Waals surface area (Å²) >= 11 is 0. The first-order valence-corrected chi connectivity index (χ1v) is 9.64. The second-order valence-corrected chi connectivity index (χ2v) is 7.53. The van der Waals surface area contributed by atoms with Gasteiger partial charge in [0, 0.05) is 22.7 Å². The summed E-state index contributed by atoms with van der Waals surface area (Å²) in [4.78, 5) is 18.0. The van der Waals surface area contributed by atoms with Gasteiger partial charge in [-0.25, -0.2) is 4.39 Å². The number of hydrogen-bond donors (Lipinski definition) is 3. The number of allylic oxidation sites excluding steroid dienone is 1. The van der Waals surface area contributed by atoms with Crippen molar-refractivity contribution in [1.82, 2.24) is 15.5 Å². The fourth-order valence-corrected chi connectivity index (χ4v) is 3.66. The fraction of sp³-hybridized carbons (Fsp3) is 0.227. The molecule has 1 aliphatic carbocycles. The van der Waals surface area contributed by atoms with Crippen LogP contribution < -0.4 is 10.6 Å². The highest BCUT2D eigenvalue weighted by Gasteiger charge is 2.35. The molecule has 2 aliphatic rings. The number of H-pyrrole nitrogens is 1. The van der Waals surface area contributed by atoms with E-state index in [0.29, 0.717) is 17.2 Å². The molecule has 3 aromatic rings. The Morgan fingerprint density at radius 1 is 1.17 bits per heavy atom. The molecule has 6 nitrogen and oxygen atoms in total. The SMILES string of the molecule is CC1=C(C(=O)Nc2ccc3[nH]ncc3c2)C(c2ccc(F)cc2)N=C(C2CC2)N1. The number of aromatic nitrogens is 2. The number of benzene rings is 2. The zero-order valence-electron chi connectivity index (χ0n) is 15.9. The molecule has 29 heavy (non-hydrogen) atoms. The Kier molecular flexibility index (Phi) is 4.16. The van der Waals surface area contributed by atoms with Crippen LogP contribution in [-0.2, 0) is 4.79 Å². The van der Waals surface area contributed by atoms with E-state index < -0.39 is 6.04 Å². The number of fused-ring (bicyclic) bond motifs is 1. The first kappa shape index (κ1) is 17.6. The molecule has 1 fully saturated rings. The quantitative estimate of drug-likeness (QED) is 0.629. The van der Waals surface area contributed by atoms with Gasteiger partial charge in [-0.3, -0.25) is 14.9 Å². The highest BCUT2D eigenvalue weighted by atomic mass is 19.1. The van der Waals surface area contributed by atoms with Crippen molar-refractivity contribution in [2.24, 2.45) is 10.9 Å². The Morgan fingerprint density at radius 2 is 1.97 bits per heavy atom. The largest absolute Gasteiger partial charge is 0.347 e. The van der Waals surface area contributed by atoms with Gasteiger partial charge in [-0.15, -0.1) is 0 Å². The molecule has 0 saturated heterocycles. The van der Waals surface area contributed by atoms with Gasteiger partial charge in [0.2, 0.25) is 0 Å². The van der Waals surface area contributed by atoms with E-state index in [2.05, 4.69) is 20.8 Å². The number of amidine groups is 1. The number of carbonyl (C=O) groups is 1. The van der Waals surface area contributed by atoms with Crippen molar-refractivity contribution in [3.63, 3.8) is 0 Å². The molecule has 1 saturated carbocycles. The maximum atomic E-state index is 13.4. The van der Waals surface area contributed by atoms with Crippen LogP contribution in [-0.4, -0.2) is 21.9 Å². The lowest BCUT2D eigenvalue weighted by molar-refractivity contribution is -0.113. The van der Waals surface area contributed by atoms with E-state index in [1.807, 2.05) is 25.1 Å². The molecule has 5 rings (SSSR count). The lowest BCUT2D eigenvalue weighted by Gasteiger charge is -2.27. The number of hydrogen-bond acceptors (Lipinski definition) is 4.